The Bertz CT molecular complexity index is 773. The molecule has 3 heterocycles. The van der Waals surface area contributed by atoms with Crippen molar-refractivity contribution in [3.63, 3.8) is 0 Å². The lowest BCUT2D eigenvalue weighted by molar-refractivity contribution is -0.136. The van der Waals surface area contributed by atoms with Crippen LogP contribution in [0.3, 0.4) is 0 Å². The molecule has 1 aromatic rings. The molecular formula is C21H28N4O3. The van der Waals surface area contributed by atoms with Crippen LogP contribution < -0.4 is 16.0 Å². The van der Waals surface area contributed by atoms with Gasteiger partial charge in [-0.1, -0.05) is 12.1 Å². The zero-order valence-corrected chi connectivity index (χ0v) is 16.1. The monoisotopic (exact) mass is 384 g/mol. The summed E-state index contributed by atoms with van der Waals surface area (Å²) >= 11 is 0. The Morgan fingerprint density at radius 2 is 2.07 bits per heavy atom. The van der Waals surface area contributed by atoms with E-state index in [1.807, 2.05) is 12.1 Å². The van der Waals surface area contributed by atoms with Crippen LogP contribution in [0.25, 0.3) is 0 Å². The lowest BCUT2D eigenvalue weighted by Crippen LogP contribution is -2.52. The Morgan fingerprint density at radius 1 is 1.18 bits per heavy atom. The number of benzene rings is 1. The molecule has 150 valence electrons. The summed E-state index contributed by atoms with van der Waals surface area (Å²) in [4.78, 5) is 37.8. The van der Waals surface area contributed by atoms with Gasteiger partial charge in [-0.25, -0.2) is 0 Å². The van der Waals surface area contributed by atoms with E-state index in [-0.39, 0.29) is 24.1 Å². The molecule has 7 heteroatoms. The average molecular weight is 384 g/mol. The topological polar surface area (TPSA) is 90.5 Å². The first-order valence-electron chi connectivity index (χ1n) is 10.3. The second-order valence-electron chi connectivity index (χ2n) is 8.07. The molecule has 2 atom stereocenters. The molecule has 4 rings (SSSR count). The standard InChI is InChI=1S/C21H28N4O3/c26-19-6-5-18(20(27)24-19)25-13-16-10-15(3-4-17(16)21(25)28)12-23-9-7-14-2-1-8-22-11-14/h3-4,10,14,18,22-23H,1-2,5-9,11-13H2,(H,24,26,27)/t14-,18?/m1/s1. The highest BCUT2D eigenvalue weighted by Crippen LogP contribution is 2.28. The number of piperidine rings is 2. The molecule has 0 aliphatic carbocycles. The van der Waals surface area contributed by atoms with Crippen molar-refractivity contribution in [2.45, 2.75) is 51.2 Å². The minimum atomic E-state index is -0.553. The number of amides is 3. The number of rotatable bonds is 6. The van der Waals surface area contributed by atoms with E-state index < -0.39 is 6.04 Å². The fraction of sp³-hybridized carbons (Fsp3) is 0.571. The van der Waals surface area contributed by atoms with Crippen LogP contribution in [-0.2, 0) is 22.7 Å². The van der Waals surface area contributed by atoms with Crippen molar-refractivity contribution in [3.05, 3.63) is 34.9 Å². The molecule has 28 heavy (non-hydrogen) atoms. The van der Waals surface area contributed by atoms with Crippen molar-refractivity contribution in [1.82, 2.24) is 20.9 Å². The van der Waals surface area contributed by atoms with Crippen LogP contribution in [0.2, 0.25) is 0 Å². The van der Waals surface area contributed by atoms with Gasteiger partial charge in [-0.05, 0) is 68.4 Å². The molecular weight excluding hydrogens is 356 g/mol. The largest absolute Gasteiger partial charge is 0.322 e. The lowest BCUT2D eigenvalue weighted by Gasteiger charge is -2.29. The van der Waals surface area contributed by atoms with Crippen molar-refractivity contribution < 1.29 is 14.4 Å². The first-order chi connectivity index (χ1) is 13.6. The Hall–Kier alpha value is -2.25. The van der Waals surface area contributed by atoms with Gasteiger partial charge in [-0.15, -0.1) is 0 Å². The van der Waals surface area contributed by atoms with Gasteiger partial charge >= 0.3 is 0 Å². The predicted octanol–water partition coefficient (Wildman–Crippen LogP) is 0.927. The van der Waals surface area contributed by atoms with E-state index in [9.17, 15) is 14.4 Å². The summed E-state index contributed by atoms with van der Waals surface area (Å²) in [6.07, 6.45) is 4.44. The van der Waals surface area contributed by atoms with Crippen molar-refractivity contribution in [1.29, 1.82) is 0 Å². The summed E-state index contributed by atoms with van der Waals surface area (Å²) in [5.41, 5.74) is 2.78. The highest BCUT2D eigenvalue weighted by Gasteiger charge is 2.38. The third-order valence-corrected chi connectivity index (χ3v) is 6.05. The Balaban J connectivity index is 1.32. The molecule has 0 aromatic heterocycles. The fourth-order valence-corrected chi connectivity index (χ4v) is 4.45. The maximum absolute atomic E-state index is 12.7. The smallest absolute Gasteiger partial charge is 0.255 e. The molecule has 0 bridgehead atoms. The van der Waals surface area contributed by atoms with Gasteiger partial charge < -0.3 is 15.5 Å². The van der Waals surface area contributed by atoms with Crippen molar-refractivity contribution in [2.75, 3.05) is 19.6 Å². The molecule has 3 aliphatic rings. The van der Waals surface area contributed by atoms with Crippen molar-refractivity contribution in [2.24, 2.45) is 5.92 Å². The highest BCUT2D eigenvalue weighted by molar-refractivity contribution is 6.05. The number of hydrogen-bond acceptors (Lipinski definition) is 5. The van der Waals surface area contributed by atoms with Crippen LogP contribution in [-0.4, -0.2) is 48.3 Å². The van der Waals surface area contributed by atoms with Gasteiger partial charge in [0.05, 0.1) is 0 Å². The number of fused-ring (bicyclic) bond motifs is 1. The third-order valence-electron chi connectivity index (χ3n) is 6.05. The molecule has 2 fully saturated rings. The second kappa shape index (κ2) is 8.41. The lowest BCUT2D eigenvalue weighted by atomic mass is 9.96. The summed E-state index contributed by atoms with van der Waals surface area (Å²) in [7, 11) is 0. The molecule has 7 nitrogen and oxygen atoms in total. The maximum Gasteiger partial charge on any atom is 0.255 e. The minimum absolute atomic E-state index is 0.117. The molecule has 2 saturated heterocycles. The Kier molecular flexibility index (Phi) is 5.73. The van der Waals surface area contributed by atoms with Gasteiger partial charge in [0.1, 0.15) is 6.04 Å². The molecule has 1 aromatic carbocycles. The van der Waals surface area contributed by atoms with Crippen LogP contribution in [0.5, 0.6) is 0 Å². The van der Waals surface area contributed by atoms with Crippen LogP contribution >= 0.6 is 0 Å². The maximum atomic E-state index is 12.7. The second-order valence-corrected chi connectivity index (χ2v) is 8.07. The van der Waals surface area contributed by atoms with E-state index in [1.165, 1.54) is 19.3 Å². The van der Waals surface area contributed by atoms with E-state index >= 15 is 0 Å². The number of carbonyl (C=O) groups excluding carboxylic acids is 3. The van der Waals surface area contributed by atoms with Gasteiger partial charge in [-0.2, -0.15) is 0 Å². The number of imide groups is 1. The van der Waals surface area contributed by atoms with E-state index in [4.69, 9.17) is 0 Å². The summed E-state index contributed by atoms with van der Waals surface area (Å²) < 4.78 is 0. The molecule has 3 aliphatic heterocycles. The molecule has 3 N–H and O–H groups in total. The molecule has 0 spiro atoms. The van der Waals surface area contributed by atoms with Crippen molar-refractivity contribution >= 4 is 17.7 Å². The van der Waals surface area contributed by atoms with Crippen LogP contribution in [0.4, 0.5) is 0 Å². The first-order valence-corrected chi connectivity index (χ1v) is 10.3. The van der Waals surface area contributed by atoms with E-state index in [1.54, 1.807) is 4.90 Å². The van der Waals surface area contributed by atoms with Gasteiger partial charge in [-0.3, -0.25) is 19.7 Å². The van der Waals surface area contributed by atoms with Gasteiger partial charge in [0.25, 0.3) is 5.91 Å². The number of carbonyl (C=O) groups is 3. The van der Waals surface area contributed by atoms with Gasteiger partial charge in [0, 0.05) is 25.1 Å². The van der Waals surface area contributed by atoms with E-state index in [0.29, 0.717) is 18.5 Å². The fourth-order valence-electron chi connectivity index (χ4n) is 4.45. The highest BCUT2D eigenvalue weighted by atomic mass is 16.2. The number of nitrogens with one attached hydrogen (secondary N) is 3. The molecule has 1 unspecified atom stereocenters. The van der Waals surface area contributed by atoms with Crippen molar-refractivity contribution in [3.8, 4) is 0 Å². The Labute approximate surface area is 165 Å². The SMILES string of the molecule is O=C1CCC(N2Cc3cc(CNCC[C@H]4CCCNC4)ccc3C2=O)C(=O)N1. The minimum Gasteiger partial charge on any atom is -0.322 e. The Morgan fingerprint density at radius 3 is 2.86 bits per heavy atom. The average Bonchev–Trinajstić information content (AvgIpc) is 3.02. The summed E-state index contributed by atoms with van der Waals surface area (Å²) in [5, 5.41) is 9.30. The predicted molar refractivity (Wildman–Crippen MR) is 104 cm³/mol. The van der Waals surface area contributed by atoms with Crippen LogP contribution in [0, 0.1) is 5.92 Å². The number of hydrogen-bond donors (Lipinski definition) is 3. The summed E-state index contributed by atoms with van der Waals surface area (Å²) in [6.45, 7) is 4.47. The van der Waals surface area contributed by atoms with Gasteiger partial charge in [0.2, 0.25) is 11.8 Å². The zero-order chi connectivity index (χ0) is 19.5. The first kappa shape index (κ1) is 19.1. The normalized spacial score (nSPS) is 25.0. The summed E-state index contributed by atoms with van der Waals surface area (Å²) in [6, 6.07) is 5.36. The molecule has 0 radical (unpaired) electrons. The van der Waals surface area contributed by atoms with Crippen LogP contribution in [0.15, 0.2) is 18.2 Å². The van der Waals surface area contributed by atoms with Gasteiger partial charge in [0.15, 0.2) is 0 Å². The number of nitrogens with zero attached hydrogens (tertiary/aromatic N) is 1. The van der Waals surface area contributed by atoms with E-state index in [2.05, 4.69) is 22.0 Å². The third kappa shape index (κ3) is 4.10. The van der Waals surface area contributed by atoms with Crippen LogP contribution in [0.1, 0.15) is 53.6 Å². The zero-order valence-electron chi connectivity index (χ0n) is 16.1. The van der Waals surface area contributed by atoms with E-state index in [0.717, 1.165) is 43.2 Å². The molecule has 3 amide bonds. The summed E-state index contributed by atoms with van der Waals surface area (Å²) in [5.74, 6) is 0.0223. The molecule has 0 saturated carbocycles. The quantitative estimate of drug-likeness (QED) is 0.501.